The number of carboxylic acids is 1. The minimum absolute atomic E-state index is 0.391. The Kier molecular flexibility index (Phi) is 6.80. The molecule has 8 heteroatoms. The number of hydrogen-bond donors (Lipinski definition) is 3. The molecule has 0 aromatic carbocycles. The van der Waals surface area contributed by atoms with Crippen LogP contribution in [0.15, 0.2) is 18.5 Å². The van der Waals surface area contributed by atoms with Crippen LogP contribution in [0.3, 0.4) is 0 Å². The molecule has 0 aliphatic heterocycles. The second-order valence-electron chi connectivity index (χ2n) is 3.84. The molecule has 0 radical (unpaired) electrons. The molecule has 3 N–H and O–H groups in total. The van der Waals surface area contributed by atoms with Crippen molar-refractivity contribution in [1.82, 2.24) is 20.4 Å². The highest BCUT2D eigenvalue weighted by atomic mass is 32.2. The van der Waals surface area contributed by atoms with Crippen LogP contribution in [-0.4, -0.2) is 51.5 Å². The average molecular weight is 286 g/mol. The van der Waals surface area contributed by atoms with E-state index in [0.717, 1.165) is 0 Å². The van der Waals surface area contributed by atoms with Crippen LogP contribution in [0, 0.1) is 0 Å². The SMILES string of the molecule is CSCCC(NC(=O)NCCn1cccn1)C(=O)O. The summed E-state index contributed by atoms with van der Waals surface area (Å²) in [6.45, 7) is 0.936. The Morgan fingerprint density at radius 1 is 1.53 bits per heavy atom. The van der Waals surface area contributed by atoms with Gasteiger partial charge in [-0.15, -0.1) is 0 Å². The van der Waals surface area contributed by atoms with Gasteiger partial charge in [0.15, 0.2) is 0 Å². The second-order valence-corrected chi connectivity index (χ2v) is 4.83. The maximum absolute atomic E-state index is 11.5. The number of carboxylic acid groups (broad SMARTS) is 1. The molecule has 0 spiro atoms. The molecule has 19 heavy (non-hydrogen) atoms. The van der Waals surface area contributed by atoms with Gasteiger partial charge in [-0.1, -0.05) is 0 Å². The molecule has 1 heterocycles. The first-order valence-corrected chi connectivity index (χ1v) is 7.26. The second kappa shape index (κ2) is 8.41. The number of rotatable bonds is 8. The van der Waals surface area contributed by atoms with Crippen molar-refractivity contribution in [3.63, 3.8) is 0 Å². The van der Waals surface area contributed by atoms with Crippen molar-refractivity contribution in [3.8, 4) is 0 Å². The fourth-order valence-electron chi connectivity index (χ4n) is 1.42. The first kappa shape index (κ1) is 15.4. The predicted molar refractivity (Wildman–Crippen MR) is 73.2 cm³/mol. The molecule has 0 aliphatic carbocycles. The average Bonchev–Trinajstić information content (AvgIpc) is 2.87. The highest BCUT2D eigenvalue weighted by Gasteiger charge is 2.18. The minimum Gasteiger partial charge on any atom is -0.480 e. The van der Waals surface area contributed by atoms with Crippen LogP contribution in [0.2, 0.25) is 0 Å². The number of hydrogen-bond acceptors (Lipinski definition) is 4. The highest BCUT2D eigenvalue weighted by molar-refractivity contribution is 7.98. The molecule has 0 fully saturated rings. The van der Waals surface area contributed by atoms with Crippen LogP contribution in [0.5, 0.6) is 0 Å². The van der Waals surface area contributed by atoms with E-state index in [1.165, 1.54) is 0 Å². The number of carbonyl (C=O) groups excluding carboxylic acids is 1. The lowest BCUT2D eigenvalue weighted by molar-refractivity contribution is -0.139. The fraction of sp³-hybridized carbons (Fsp3) is 0.545. The fourth-order valence-corrected chi connectivity index (χ4v) is 1.89. The van der Waals surface area contributed by atoms with E-state index in [1.54, 1.807) is 34.9 Å². The van der Waals surface area contributed by atoms with Crippen molar-refractivity contribution in [2.45, 2.75) is 19.0 Å². The van der Waals surface area contributed by atoms with Crippen molar-refractivity contribution in [1.29, 1.82) is 0 Å². The van der Waals surface area contributed by atoms with Crippen LogP contribution in [0.1, 0.15) is 6.42 Å². The first-order valence-electron chi connectivity index (χ1n) is 5.87. The molecular weight excluding hydrogens is 268 g/mol. The molecule has 1 atom stereocenters. The van der Waals surface area contributed by atoms with Crippen molar-refractivity contribution < 1.29 is 14.7 Å². The molecule has 0 saturated heterocycles. The van der Waals surface area contributed by atoms with Gasteiger partial charge in [0, 0.05) is 18.9 Å². The molecule has 1 rings (SSSR count). The number of aliphatic carboxylic acids is 1. The Hall–Kier alpha value is -1.70. The Morgan fingerprint density at radius 2 is 2.32 bits per heavy atom. The van der Waals surface area contributed by atoms with E-state index in [-0.39, 0.29) is 0 Å². The van der Waals surface area contributed by atoms with Crippen LogP contribution < -0.4 is 10.6 Å². The zero-order valence-corrected chi connectivity index (χ0v) is 11.5. The van der Waals surface area contributed by atoms with Gasteiger partial charge in [0.2, 0.25) is 0 Å². The van der Waals surface area contributed by atoms with Crippen molar-refractivity contribution in [2.24, 2.45) is 0 Å². The van der Waals surface area contributed by atoms with E-state index in [4.69, 9.17) is 5.11 Å². The van der Waals surface area contributed by atoms with E-state index < -0.39 is 18.0 Å². The van der Waals surface area contributed by atoms with Crippen LogP contribution in [0.4, 0.5) is 4.79 Å². The Balaban J connectivity index is 2.25. The summed E-state index contributed by atoms with van der Waals surface area (Å²) < 4.78 is 1.68. The number of nitrogens with one attached hydrogen (secondary N) is 2. The van der Waals surface area contributed by atoms with Crippen molar-refractivity contribution in [3.05, 3.63) is 18.5 Å². The summed E-state index contributed by atoms with van der Waals surface area (Å²) in [4.78, 5) is 22.5. The summed E-state index contributed by atoms with van der Waals surface area (Å²) in [7, 11) is 0. The summed E-state index contributed by atoms with van der Waals surface area (Å²) in [5.74, 6) is -0.332. The minimum atomic E-state index is -1.02. The highest BCUT2D eigenvalue weighted by Crippen LogP contribution is 2.00. The standard InChI is InChI=1S/C11H18N4O3S/c1-19-8-3-9(10(16)17)14-11(18)12-5-7-15-6-2-4-13-15/h2,4,6,9H,3,5,7-8H2,1H3,(H,16,17)(H2,12,14,18). The Morgan fingerprint density at radius 3 is 2.89 bits per heavy atom. The molecule has 2 amide bonds. The van der Waals surface area contributed by atoms with E-state index >= 15 is 0 Å². The lowest BCUT2D eigenvalue weighted by Gasteiger charge is -2.14. The number of nitrogens with zero attached hydrogens (tertiary/aromatic N) is 2. The topological polar surface area (TPSA) is 96.3 Å². The zero-order valence-electron chi connectivity index (χ0n) is 10.7. The normalized spacial score (nSPS) is 11.8. The van der Waals surface area contributed by atoms with Gasteiger partial charge in [0.1, 0.15) is 6.04 Å². The largest absolute Gasteiger partial charge is 0.480 e. The lowest BCUT2D eigenvalue weighted by Crippen LogP contribution is -2.46. The summed E-state index contributed by atoms with van der Waals surface area (Å²) >= 11 is 1.54. The van der Waals surface area contributed by atoms with Gasteiger partial charge in [-0.25, -0.2) is 9.59 Å². The van der Waals surface area contributed by atoms with Crippen LogP contribution in [0.25, 0.3) is 0 Å². The van der Waals surface area contributed by atoms with Crippen molar-refractivity contribution in [2.75, 3.05) is 18.6 Å². The van der Waals surface area contributed by atoms with E-state index in [0.29, 0.717) is 25.3 Å². The molecule has 1 aromatic rings. The van der Waals surface area contributed by atoms with Crippen molar-refractivity contribution >= 4 is 23.8 Å². The number of thioether (sulfide) groups is 1. The Labute approximate surface area is 115 Å². The maximum Gasteiger partial charge on any atom is 0.326 e. The molecule has 106 valence electrons. The first-order chi connectivity index (χ1) is 9.13. The number of aromatic nitrogens is 2. The van der Waals surface area contributed by atoms with Gasteiger partial charge in [0.05, 0.1) is 6.54 Å². The van der Waals surface area contributed by atoms with Gasteiger partial charge in [-0.2, -0.15) is 16.9 Å². The van der Waals surface area contributed by atoms with Gasteiger partial charge in [-0.05, 0) is 24.5 Å². The van der Waals surface area contributed by atoms with E-state index in [9.17, 15) is 9.59 Å². The van der Waals surface area contributed by atoms with E-state index in [2.05, 4.69) is 15.7 Å². The third kappa shape index (κ3) is 6.14. The van der Waals surface area contributed by atoms with Gasteiger partial charge >= 0.3 is 12.0 Å². The number of carbonyl (C=O) groups is 2. The molecule has 1 unspecified atom stereocenters. The van der Waals surface area contributed by atoms with Gasteiger partial charge in [0.25, 0.3) is 0 Å². The predicted octanol–water partition coefficient (Wildman–Crippen LogP) is 0.389. The van der Waals surface area contributed by atoms with Crippen LogP contribution >= 0.6 is 11.8 Å². The molecule has 1 aromatic heterocycles. The van der Waals surface area contributed by atoms with Crippen LogP contribution in [-0.2, 0) is 11.3 Å². The number of urea groups is 1. The monoisotopic (exact) mass is 286 g/mol. The lowest BCUT2D eigenvalue weighted by atomic mass is 10.2. The molecule has 7 nitrogen and oxygen atoms in total. The third-order valence-electron chi connectivity index (χ3n) is 2.40. The summed E-state index contributed by atoms with van der Waals surface area (Å²) in [6.07, 6.45) is 5.74. The maximum atomic E-state index is 11.5. The summed E-state index contributed by atoms with van der Waals surface area (Å²) in [6, 6.07) is 0.473. The third-order valence-corrected chi connectivity index (χ3v) is 3.04. The quantitative estimate of drug-likeness (QED) is 0.642. The molecule has 0 saturated carbocycles. The molecule has 0 aliphatic rings. The molecule has 0 bridgehead atoms. The summed E-state index contributed by atoms with van der Waals surface area (Å²) in [5.41, 5.74) is 0. The number of amides is 2. The zero-order chi connectivity index (χ0) is 14.1. The molecular formula is C11H18N4O3S. The smallest absolute Gasteiger partial charge is 0.326 e. The van der Waals surface area contributed by atoms with E-state index in [1.807, 2.05) is 6.26 Å². The van der Waals surface area contributed by atoms with Gasteiger partial charge < -0.3 is 15.7 Å². The Bertz CT molecular complexity index is 397. The van der Waals surface area contributed by atoms with Gasteiger partial charge in [-0.3, -0.25) is 4.68 Å². The summed E-state index contributed by atoms with van der Waals surface area (Å²) in [5, 5.41) is 18.0.